The Hall–Kier alpha value is -0.160. The molecule has 1 rings (SSSR count). The van der Waals surface area contributed by atoms with E-state index in [1.165, 1.54) is 12.8 Å². The first-order valence-corrected chi connectivity index (χ1v) is 6.36. The summed E-state index contributed by atoms with van der Waals surface area (Å²) < 4.78 is 5.47. The summed E-state index contributed by atoms with van der Waals surface area (Å²) >= 11 is 0. The molecule has 1 heterocycles. The van der Waals surface area contributed by atoms with Crippen LogP contribution in [0.4, 0.5) is 0 Å². The van der Waals surface area contributed by atoms with Gasteiger partial charge in [0.15, 0.2) is 0 Å². The van der Waals surface area contributed by atoms with Crippen LogP contribution in [0.15, 0.2) is 0 Å². The van der Waals surface area contributed by atoms with Gasteiger partial charge in [0, 0.05) is 25.7 Å². The Bertz CT molecular complexity index is 166. The number of nitrogens with one attached hydrogen (secondary N) is 1. The smallest absolute Gasteiger partial charge is 0.0597 e. The summed E-state index contributed by atoms with van der Waals surface area (Å²) in [6.45, 7) is 6.98. The fourth-order valence-electron chi connectivity index (χ4n) is 2.32. The molecular weight excluding hydrogens is 204 g/mol. The standard InChI is InChI=1S/C12H26N2O2/c1-3-13-12(9-15)8-14(2)7-11-5-4-6-16-10-11/h11-13,15H,3-10H2,1-2H3. The van der Waals surface area contributed by atoms with E-state index in [4.69, 9.17) is 4.74 Å². The van der Waals surface area contributed by atoms with E-state index >= 15 is 0 Å². The molecule has 0 saturated carbocycles. The number of ether oxygens (including phenoxy) is 1. The average molecular weight is 230 g/mol. The molecule has 1 fully saturated rings. The molecule has 1 aliphatic rings. The first-order chi connectivity index (χ1) is 7.76. The normalized spacial score (nSPS) is 23.6. The van der Waals surface area contributed by atoms with E-state index in [0.717, 1.165) is 32.8 Å². The number of aliphatic hydroxyl groups is 1. The van der Waals surface area contributed by atoms with Gasteiger partial charge in [-0.05, 0) is 32.4 Å². The molecule has 2 unspecified atom stereocenters. The van der Waals surface area contributed by atoms with Gasteiger partial charge >= 0.3 is 0 Å². The van der Waals surface area contributed by atoms with Crippen LogP contribution in [0, 0.1) is 5.92 Å². The number of likely N-dealkylation sites (N-methyl/N-ethyl adjacent to an activating group) is 2. The summed E-state index contributed by atoms with van der Waals surface area (Å²) in [5.74, 6) is 0.666. The van der Waals surface area contributed by atoms with Crippen LogP contribution in [-0.2, 0) is 4.74 Å². The summed E-state index contributed by atoms with van der Waals surface area (Å²) in [6, 6.07) is 0.194. The summed E-state index contributed by atoms with van der Waals surface area (Å²) in [6.07, 6.45) is 2.46. The summed E-state index contributed by atoms with van der Waals surface area (Å²) in [7, 11) is 2.12. The second-order valence-electron chi connectivity index (χ2n) is 4.74. The molecule has 4 heteroatoms. The van der Waals surface area contributed by atoms with E-state index < -0.39 is 0 Å². The molecule has 96 valence electrons. The lowest BCUT2D eigenvalue weighted by Crippen LogP contribution is -2.44. The minimum absolute atomic E-state index is 0.194. The molecule has 0 aliphatic carbocycles. The average Bonchev–Trinajstić information content (AvgIpc) is 2.29. The number of nitrogens with zero attached hydrogens (tertiary/aromatic N) is 1. The molecule has 0 aromatic rings. The highest BCUT2D eigenvalue weighted by atomic mass is 16.5. The van der Waals surface area contributed by atoms with Gasteiger partial charge in [-0.15, -0.1) is 0 Å². The Morgan fingerprint density at radius 2 is 2.38 bits per heavy atom. The van der Waals surface area contributed by atoms with Crippen molar-refractivity contribution in [1.29, 1.82) is 0 Å². The topological polar surface area (TPSA) is 44.7 Å². The highest BCUT2D eigenvalue weighted by Gasteiger charge is 2.17. The molecule has 0 amide bonds. The number of hydrogen-bond donors (Lipinski definition) is 2. The summed E-state index contributed by atoms with van der Waals surface area (Å²) in [5.41, 5.74) is 0. The van der Waals surface area contributed by atoms with Gasteiger partial charge in [0.25, 0.3) is 0 Å². The minimum Gasteiger partial charge on any atom is -0.395 e. The zero-order valence-corrected chi connectivity index (χ0v) is 10.6. The minimum atomic E-state index is 0.194. The van der Waals surface area contributed by atoms with E-state index in [1.54, 1.807) is 0 Å². The molecule has 2 N–H and O–H groups in total. The number of aliphatic hydroxyl groups excluding tert-OH is 1. The molecule has 16 heavy (non-hydrogen) atoms. The van der Waals surface area contributed by atoms with Crippen LogP contribution >= 0.6 is 0 Å². The maximum absolute atomic E-state index is 9.20. The lowest BCUT2D eigenvalue weighted by molar-refractivity contribution is 0.0399. The lowest BCUT2D eigenvalue weighted by atomic mass is 10.0. The third-order valence-corrected chi connectivity index (χ3v) is 3.07. The van der Waals surface area contributed by atoms with Gasteiger partial charge in [-0.3, -0.25) is 0 Å². The molecule has 0 aromatic heterocycles. The van der Waals surface area contributed by atoms with Crippen molar-refractivity contribution in [3.8, 4) is 0 Å². The zero-order chi connectivity index (χ0) is 11.8. The van der Waals surface area contributed by atoms with Gasteiger partial charge in [0.2, 0.25) is 0 Å². The van der Waals surface area contributed by atoms with Crippen molar-refractivity contribution >= 4 is 0 Å². The molecule has 0 bridgehead atoms. The van der Waals surface area contributed by atoms with Crippen molar-refractivity contribution in [2.24, 2.45) is 5.92 Å². The van der Waals surface area contributed by atoms with Crippen LogP contribution in [0.25, 0.3) is 0 Å². The molecule has 0 spiro atoms. The SMILES string of the molecule is CCNC(CO)CN(C)CC1CCCOC1. The molecule has 1 aliphatic heterocycles. The van der Waals surface area contributed by atoms with Gasteiger partial charge in [-0.1, -0.05) is 6.92 Å². The first-order valence-electron chi connectivity index (χ1n) is 6.36. The van der Waals surface area contributed by atoms with E-state index in [2.05, 4.69) is 24.2 Å². The van der Waals surface area contributed by atoms with Gasteiger partial charge in [-0.25, -0.2) is 0 Å². The van der Waals surface area contributed by atoms with E-state index in [9.17, 15) is 5.11 Å². The molecule has 1 saturated heterocycles. The highest BCUT2D eigenvalue weighted by Crippen LogP contribution is 2.14. The van der Waals surface area contributed by atoms with Crippen LogP contribution in [-0.4, -0.2) is 62.6 Å². The van der Waals surface area contributed by atoms with Crippen molar-refractivity contribution in [2.75, 3.05) is 46.5 Å². The largest absolute Gasteiger partial charge is 0.395 e. The van der Waals surface area contributed by atoms with Crippen molar-refractivity contribution in [2.45, 2.75) is 25.8 Å². The van der Waals surface area contributed by atoms with E-state index in [1.807, 2.05) is 0 Å². The van der Waals surface area contributed by atoms with Gasteiger partial charge < -0.3 is 20.1 Å². The van der Waals surface area contributed by atoms with Gasteiger partial charge in [0.1, 0.15) is 0 Å². The molecule has 0 aromatic carbocycles. The molecule has 0 radical (unpaired) electrons. The second kappa shape index (κ2) is 8.01. The maximum Gasteiger partial charge on any atom is 0.0597 e. The van der Waals surface area contributed by atoms with Crippen molar-refractivity contribution in [3.05, 3.63) is 0 Å². The van der Waals surface area contributed by atoms with Crippen LogP contribution in [0.1, 0.15) is 19.8 Å². The number of rotatable bonds is 7. The number of hydrogen-bond acceptors (Lipinski definition) is 4. The Balaban J connectivity index is 2.19. The third-order valence-electron chi connectivity index (χ3n) is 3.07. The monoisotopic (exact) mass is 230 g/mol. The predicted octanol–water partition coefficient (Wildman–Crippen LogP) is 0.315. The van der Waals surface area contributed by atoms with Crippen molar-refractivity contribution < 1.29 is 9.84 Å². The quantitative estimate of drug-likeness (QED) is 0.661. The van der Waals surface area contributed by atoms with Crippen LogP contribution in [0.5, 0.6) is 0 Å². The van der Waals surface area contributed by atoms with Crippen LogP contribution in [0.2, 0.25) is 0 Å². The predicted molar refractivity (Wildman–Crippen MR) is 65.6 cm³/mol. The first kappa shape index (κ1) is 13.9. The fourth-order valence-corrected chi connectivity index (χ4v) is 2.32. The Morgan fingerprint density at radius 3 is 2.94 bits per heavy atom. The summed E-state index contributed by atoms with van der Waals surface area (Å²) in [5, 5.41) is 12.5. The van der Waals surface area contributed by atoms with Gasteiger partial charge in [0.05, 0.1) is 13.2 Å². The highest BCUT2D eigenvalue weighted by molar-refractivity contribution is 4.72. The summed E-state index contributed by atoms with van der Waals surface area (Å²) in [4.78, 5) is 2.29. The second-order valence-corrected chi connectivity index (χ2v) is 4.74. The van der Waals surface area contributed by atoms with Gasteiger partial charge in [-0.2, -0.15) is 0 Å². The fraction of sp³-hybridized carbons (Fsp3) is 1.00. The van der Waals surface area contributed by atoms with E-state index in [-0.39, 0.29) is 12.6 Å². The zero-order valence-electron chi connectivity index (χ0n) is 10.6. The molecule has 4 nitrogen and oxygen atoms in total. The van der Waals surface area contributed by atoms with Crippen LogP contribution < -0.4 is 5.32 Å². The van der Waals surface area contributed by atoms with Crippen LogP contribution in [0.3, 0.4) is 0 Å². The molecule has 2 atom stereocenters. The van der Waals surface area contributed by atoms with Crippen molar-refractivity contribution in [3.63, 3.8) is 0 Å². The Labute approximate surface area is 99.0 Å². The third kappa shape index (κ3) is 5.25. The molecular formula is C12H26N2O2. The maximum atomic E-state index is 9.20. The van der Waals surface area contributed by atoms with E-state index in [0.29, 0.717) is 5.92 Å². The van der Waals surface area contributed by atoms with Crippen molar-refractivity contribution in [1.82, 2.24) is 10.2 Å². The Kier molecular flexibility index (Phi) is 6.96. The Morgan fingerprint density at radius 1 is 1.56 bits per heavy atom. The lowest BCUT2D eigenvalue weighted by Gasteiger charge is -2.29.